The number of hydrogen-bond donors (Lipinski definition) is 0. The van der Waals surface area contributed by atoms with Crippen LogP contribution in [0.2, 0.25) is 0 Å². The molecule has 0 rings (SSSR count). The van der Waals surface area contributed by atoms with E-state index in [1.165, 1.54) is 0 Å². The summed E-state index contributed by atoms with van der Waals surface area (Å²) in [6.07, 6.45) is 0. The molecule has 0 aliphatic heterocycles. The number of hydrogen-bond acceptors (Lipinski definition) is 4. The third-order valence-corrected chi connectivity index (χ3v) is 0. The van der Waals surface area contributed by atoms with E-state index < -0.39 is 10.4 Å². The van der Waals surface area contributed by atoms with Gasteiger partial charge in [0, 0.05) is 10.4 Å². The molecule has 0 aliphatic rings. The fourth-order valence-corrected chi connectivity index (χ4v) is 0. The molecule has 0 aromatic carbocycles. The summed E-state index contributed by atoms with van der Waals surface area (Å²) < 4.78 is 34.1. The molecule has 0 unspecified atom stereocenters. The second-order valence-corrected chi connectivity index (χ2v) is 1.22. The van der Waals surface area contributed by atoms with Gasteiger partial charge in [0.05, 0.1) is 0 Å². The Morgan fingerprint density at radius 2 is 0.800 bits per heavy atom. The van der Waals surface area contributed by atoms with Gasteiger partial charge in [-0.1, -0.05) is 0 Å². The van der Waals surface area contributed by atoms with E-state index in [0.717, 1.165) is 0 Å². The maximum atomic E-state index is 8.52. The molecule has 64 valence electrons. The van der Waals surface area contributed by atoms with Crippen molar-refractivity contribution in [2.45, 2.75) is 0 Å². The van der Waals surface area contributed by atoms with Crippen molar-refractivity contribution in [2.75, 3.05) is 0 Å². The molecule has 0 fully saturated rings. The molecule has 0 aliphatic carbocycles. The van der Waals surface area contributed by atoms with Crippen LogP contribution in [0.1, 0.15) is 0 Å². The van der Waals surface area contributed by atoms with Crippen molar-refractivity contribution in [3.05, 3.63) is 0 Å². The molecule has 0 saturated heterocycles. The molecule has 0 bridgehead atoms. The monoisotopic (exact) mass is 308 g/mol. The molecule has 8 nitrogen and oxygen atoms in total. The van der Waals surface area contributed by atoms with Gasteiger partial charge in [0.15, 0.2) is 0 Å². The van der Waals surface area contributed by atoms with Crippen LogP contribution in [-0.2, 0) is 10.4 Å². The summed E-state index contributed by atoms with van der Waals surface area (Å²) in [7, 11) is -5.17. The van der Waals surface area contributed by atoms with E-state index in [9.17, 15) is 0 Å². The molecule has 0 spiro atoms. The van der Waals surface area contributed by atoms with E-state index in [-0.39, 0.29) is 63.7 Å². The van der Waals surface area contributed by atoms with Gasteiger partial charge < -0.3 is 31.0 Å². The van der Waals surface area contributed by atoms with Crippen molar-refractivity contribution < 1.29 is 81.2 Å². The minimum absolute atomic E-state index is 0. The van der Waals surface area contributed by atoms with Crippen LogP contribution in [0.3, 0.4) is 0 Å². The molecule has 0 saturated carbocycles. The van der Waals surface area contributed by atoms with Crippen molar-refractivity contribution in [3.63, 3.8) is 0 Å². The first-order valence-corrected chi connectivity index (χ1v) is 2.00. The van der Waals surface area contributed by atoms with Gasteiger partial charge in [0.1, 0.15) is 0 Å². The minimum atomic E-state index is -5.17. The van der Waals surface area contributed by atoms with Gasteiger partial charge in [-0.05, 0) is 0 Å². The smallest absolute Gasteiger partial charge is 0.759 e. The Balaban J connectivity index is -0.00000000800. The van der Waals surface area contributed by atoms with Crippen LogP contribution < -0.4 is 0 Å². The Hall–Kier alpha value is 1.09. The standard InChI is InChI=1S/Ce.H2O4S.4H2O/c;1-5(2,3)4;;;;/h;(H2,1,2,3,4);4*1H2/q+4;;;;;/p-2. The van der Waals surface area contributed by atoms with Gasteiger partial charge in [0.25, 0.3) is 0 Å². The van der Waals surface area contributed by atoms with Crippen molar-refractivity contribution in [3.8, 4) is 0 Å². The second-order valence-electron chi connectivity index (χ2n) is 0.408. The zero-order valence-corrected chi connectivity index (χ0v) is 8.50. The molecular weight excluding hydrogens is 300 g/mol. The van der Waals surface area contributed by atoms with Crippen molar-refractivity contribution >= 4 is 10.4 Å². The fourth-order valence-electron chi connectivity index (χ4n) is 0. The van der Waals surface area contributed by atoms with E-state index >= 15 is 0 Å². The van der Waals surface area contributed by atoms with Crippen LogP contribution in [0, 0.1) is 41.7 Å². The van der Waals surface area contributed by atoms with Crippen LogP contribution in [0.4, 0.5) is 0 Å². The maximum Gasteiger partial charge on any atom is 4.00 e. The number of rotatable bonds is 0. The Bertz CT molecular complexity index is 92.4. The third kappa shape index (κ3) is 503. The van der Waals surface area contributed by atoms with Gasteiger partial charge >= 0.3 is 41.7 Å². The van der Waals surface area contributed by atoms with Crippen LogP contribution in [-0.4, -0.2) is 39.4 Å². The van der Waals surface area contributed by atoms with Crippen molar-refractivity contribution in [1.82, 2.24) is 0 Å². The van der Waals surface area contributed by atoms with Gasteiger partial charge in [0.2, 0.25) is 0 Å². The molecule has 10 heavy (non-hydrogen) atoms. The van der Waals surface area contributed by atoms with Crippen molar-refractivity contribution in [1.29, 1.82) is 0 Å². The average Bonchev–Trinajstić information content (AvgIpc) is 0.722. The summed E-state index contributed by atoms with van der Waals surface area (Å²) in [5.41, 5.74) is 0. The first-order chi connectivity index (χ1) is 2.00. The van der Waals surface area contributed by atoms with Crippen LogP contribution in [0.5, 0.6) is 0 Å². The molecule has 0 amide bonds. The van der Waals surface area contributed by atoms with Crippen molar-refractivity contribution in [2.24, 2.45) is 0 Å². The van der Waals surface area contributed by atoms with Gasteiger partial charge in [-0.2, -0.15) is 0 Å². The molecular formula is H8CeO8S+2. The maximum absolute atomic E-state index is 8.52. The molecule has 0 heterocycles. The van der Waals surface area contributed by atoms with Gasteiger partial charge in [-0.3, -0.25) is 8.42 Å². The normalized spacial score (nSPS) is 5.80. The Labute approximate surface area is 90.8 Å². The first kappa shape index (κ1) is 43.6. The minimum Gasteiger partial charge on any atom is -0.759 e. The Morgan fingerprint density at radius 3 is 0.800 bits per heavy atom. The predicted molar refractivity (Wildman–Crippen MR) is 24.9 cm³/mol. The molecule has 0 radical (unpaired) electrons. The Kier molecular flexibility index (Phi) is 72.3. The third-order valence-electron chi connectivity index (χ3n) is 0. The van der Waals surface area contributed by atoms with Gasteiger partial charge in [-0.15, -0.1) is 0 Å². The summed E-state index contributed by atoms with van der Waals surface area (Å²) in [5.74, 6) is 0. The molecule has 8 N–H and O–H groups in total. The molecule has 0 aromatic heterocycles. The predicted octanol–water partition coefficient (Wildman–Crippen LogP) is -4.64. The second kappa shape index (κ2) is 16.6. The Morgan fingerprint density at radius 1 is 0.800 bits per heavy atom. The zero-order valence-electron chi connectivity index (χ0n) is 4.54. The van der Waals surface area contributed by atoms with E-state index in [1.54, 1.807) is 0 Å². The van der Waals surface area contributed by atoms with Gasteiger partial charge in [-0.25, -0.2) is 0 Å². The van der Waals surface area contributed by atoms with E-state index in [4.69, 9.17) is 17.5 Å². The first-order valence-electron chi connectivity index (χ1n) is 0.667. The molecule has 0 atom stereocenters. The van der Waals surface area contributed by atoms with Crippen LogP contribution in [0.15, 0.2) is 0 Å². The largest absolute Gasteiger partial charge is 4.00 e. The summed E-state index contributed by atoms with van der Waals surface area (Å²) in [5, 5.41) is 0. The van der Waals surface area contributed by atoms with Crippen LogP contribution >= 0.6 is 0 Å². The summed E-state index contributed by atoms with van der Waals surface area (Å²) >= 11 is 0. The van der Waals surface area contributed by atoms with E-state index in [0.29, 0.717) is 0 Å². The topological polar surface area (TPSA) is 206 Å². The summed E-state index contributed by atoms with van der Waals surface area (Å²) in [6.45, 7) is 0. The summed E-state index contributed by atoms with van der Waals surface area (Å²) in [4.78, 5) is 0. The SMILES string of the molecule is O.O.O.O.O=S(=O)([O-])[O-].[Ce+4]. The van der Waals surface area contributed by atoms with Crippen LogP contribution in [0.25, 0.3) is 0 Å². The van der Waals surface area contributed by atoms with E-state index in [1.807, 2.05) is 0 Å². The van der Waals surface area contributed by atoms with E-state index in [2.05, 4.69) is 0 Å². The molecule has 10 heteroatoms. The summed E-state index contributed by atoms with van der Waals surface area (Å²) in [6, 6.07) is 0. The average molecular weight is 308 g/mol. The quantitative estimate of drug-likeness (QED) is 0.319. The fraction of sp³-hybridized carbons (Fsp3) is 0. The zero-order chi connectivity index (χ0) is 4.50. The molecule has 0 aromatic rings.